The quantitative estimate of drug-likeness (QED) is 0.451. The third-order valence-corrected chi connectivity index (χ3v) is 4.37. The predicted molar refractivity (Wildman–Crippen MR) is 105 cm³/mol. The number of pyridine rings is 1. The van der Waals surface area contributed by atoms with E-state index in [1.54, 1.807) is 6.20 Å². The van der Waals surface area contributed by atoms with Gasteiger partial charge >= 0.3 is 0 Å². The molecule has 2 heteroatoms. The summed E-state index contributed by atoms with van der Waals surface area (Å²) in [6.45, 7) is 0. The molecule has 2 nitrogen and oxygen atoms in total. The van der Waals surface area contributed by atoms with E-state index in [1.165, 1.54) is 0 Å². The Bertz CT molecular complexity index is 1030. The van der Waals surface area contributed by atoms with Gasteiger partial charge in [-0.15, -0.1) is 0 Å². The molecule has 1 heterocycles. The Kier molecular flexibility index (Phi) is 4.40. The fourth-order valence-electron chi connectivity index (χ4n) is 3.13. The van der Waals surface area contributed by atoms with Gasteiger partial charge in [0, 0.05) is 34.6 Å². The highest BCUT2D eigenvalue weighted by Gasteiger charge is 2.19. The van der Waals surface area contributed by atoms with Crippen molar-refractivity contribution in [1.82, 2.24) is 4.98 Å². The highest BCUT2D eigenvalue weighted by molar-refractivity contribution is 6.14. The highest BCUT2D eigenvalue weighted by Crippen LogP contribution is 2.35. The van der Waals surface area contributed by atoms with Gasteiger partial charge in [0.15, 0.2) is 5.78 Å². The number of carbonyl (C=O) groups excluding carboxylic acids is 1. The van der Waals surface area contributed by atoms with Gasteiger partial charge in [0.25, 0.3) is 0 Å². The monoisotopic (exact) mass is 335 g/mol. The SMILES string of the molecule is O=C(c1ccccc1)c1cncc(-c2ccccc2)c1-c1ccccc1. The molecule has 124 valence electrons. The zero-order valence-electron chi connectivity index (χ0n) is 14.2. The van der Waals surface area contributed by atoms with Crippen molar-refractivity contribution in [2.75, 3.05) is 0 Å². The fourth-order valence-corrected chi connectivity index (χ4v) is 3.13. The lowest BCUT2D eigenvalue weighted by Gasteiger charge is -2.14. The molecule has 3 aromatic carbocycles. The largest absolute Gasteiger partial charge is 0.289 e. The predicted octanol–water partition coefficient (Wildman–Crippen LogP) is 5.65. The molecule has 1 aromatic heterocycles. The molecule has 0 unspecified atom stereocenters. The first-order valence-electron chi connectivity index (χ1n) is 8.53. The van der Waals surface area contributed by atoms with Crippen molar-refractivity contribution in [1.29, 1.82) is 0 Å². The molecular weight excluding hydrogens is 318 g/mol. The number of ketones is 1. The summed E-state index contributed by atoms with van der Waals surface area (Å²) in [7, 11) is 0. The Morgan fingerprint density at radius 3 is 1.77 bits per heavy atom. The van der Waals surface area contributed by atoms with Gasteiger partial charge in [0.1, 0.15) is 0 Å². The van der Waals surface area contributed by atoms with Crippen LogP contribution < -0.4 is 0 Å². The zero-order valence-corrected chi connectivity index (χ0v) is 14.2. The van der Waals surface area contributed by atoms with Crippen LogP contribution in [0, 0.1) is 0 Å². The molecule has 0 aliphatic rings. The number of benzene rings is 3. The molecule has 0 N–H and O–H groups in total. The molecule has 0 aliphatic carbocycles. The van der Waals surface area contributed by atoms with E-state index in [1.807, 2.05) is 97.2 Å². The Balaban J connectivity index is 1.97. The van der Waals surface area contributed by atoms with Gasteiger partial charge in [-0.05, 0) is 11.1 Å². The van der Waals surface area contributed by atoms with Crippen molar-refractivity contribution in [3.63, 3.8) is 0 Å². The maximum Gasteiger partial charge on any atom is 0.195 e. The second-order valence-corrected chi connectivity index (χ2v) is 6.04. The fraction of sp³-hybridized carbons (Fsp3) is 0. The van der Waals surface area contributed by atoms with Crippen molar-refractivity contribution < 1.29 is 4.79 Å². The van der Waals surface area contributed by atoms with Crippen LogP contribution in [0.1, 0.15) is 15.9 Å². The number of hydrogen-bond acceptors (Lipinski definition) is 2. The standard InChI is InChI=1S/C24H17NO/c26-24(20-14-8-3-9-15-20)22-17-25-16-21(18-10-4-1-5-11-18)23(22)19-12-6-2-7-13-19/h1-17H. The van der Waals surface area contributed by atoms with E-state index in [4.69, 9.17) is 0 Å². The van der Waals surface area contributed by atoms with Crippen molar-refractivity contribution in [2.24, 2.45) is 0 Å². The van der Waals surface area contributed by atoms with E-state index < -0.39 is 0 Å². The molecule has 4 rings (SSSR count). The topological polar surface area (TPSA) is 30.0 Å². The minimum Gasteiger partial charge on any atom is -0.289 e. The van der Waals surface area contributed by atoms with E-state index in [2.05, 4.69) is 4.98 Å². The van der Waals surface area contributed by atoms with Gasteiger partial charge in [-0.2, -0.15) is 0 Å². The number of rotatable bonds is 4. The highest BCUT2D eigenvalue weighted by atomic mass is 16.1. The smallest absolute Gasteiger partial charge is 0.195 e. The van der Waals surface area contributed by atoms with Gasteiger partial charge in [-0.25, -0.2) is 0 Å². The first kappa shape index (κ1) is 16.0. The Morgan fingerprint density at radius 2 is 1.15 bits per heavy atom. The molecule has 0 spiro atoms. The van der Waals surface area contributed by atoms with Crippen LogP contribution in [0.2, 0.25) is 0 Å². The van der Waals surface area contributed by atoms with Crippen LogP contribution in [0.25, 0.3) is 22.3 Å². The zero-order chi connectivity index (χ0) is 17.8. The first-order valence-corrected chi connectivity index (χ1v) is 8.53. The van der Waals surface area contributed by atoms with Crippen LogP contribution in [-0.2, 0) is 0 Å². The second kappa shape index (κ2) is 7.16. The molecule has 0 aliphatic heterocycles. The molecule has 26 heavy (non-hydrogen) atoms. The molecule has 0 fully saturated rings. The number of carbonyl (C=O) groups is 1. The molecule has 0 radical (unpaired) electrons. The average Bonchev–Trinajstić information content (AvgIpc) is 2.74. The van der Waals surface area contributed by atoms with E-state index in [0.29, 0.717) is 11.1 Å². The van der Waals surface area contributed by atoms with Crippen LogP contribution in [0.4, 0.5) is 0 Å². The summed E-state index contributed by atoms with van der Waals surface area (Å²) in [4.78, 5) is 17.6. The Morgan fingerprint density at radius 1 is 0.615 bits per heavy atom. The summed E-state index contributed by atoms with van der Waals surface area (Å²) < 4.78 is 0. The maximum atomic E-state index is 13.2. The summed E-state index contributed by atoms with van der Waals surface area (Å²) in [5.74, 6) is -0.0188. The molecule has 0 bridgehead atoms. The van der Waals surface area contributed by atoms with Gasteiger partial charge in [0.2, 0.25) is 0 Å². The lowest BCUT2D eigenvalue weighted by molar-refractivity contribution is 0.103. The number of aromatic nitrogens is 1. The lowest BCUT2D eigenvalue weighted by atomic mass is 9.89. The number of hydrogen-bond donors (Lipinski definition) is 0. The summed E-state index contributed by atoms with van der Waals surface area (Å²) >= 11 is 0. The first-order chi connectivity index (χ1) is 12.8. The van der Waals surface area contributed by atoms with E-state index in [9.17, 15) is 4.79 Å². The summed E-state index contributed by atoms with van der Waals surface area (Å²) in [5.41, 5.74) is 5.20. The molecular formula is C24H17NO. The van der Waals surface area contributed by atoms with E-state index in [-0.39, 0.29) is 5.78 Å². The van der Waals surface area contributed by atoms with Crippen LogP contribution in [-0.4, -0.2) is 10.8 Å². The minimum absolute atomic E-state index is 0.0188. The summed E-state index contributed by atoms with van der Waals surface area (Å²) in [6, 6.07) is 29.4. The third-order valence-electron chi connectivity index (χ3n) is 4.37. The Labute approximate surface area is 152 Å². The van der Waals surface area contributed by atoms with Crippen LogP contribution in [0.15, 0.2) is 103 Å². The van der Waals surface area contributed by atoms with Crippen molar-refractivity contribution in [3.8, 4) is 22.3 Å². The third kappa shape index (κ3) is 3.05. The van der Waals surface area contributed by atoms with Crippen molar-refractivity contribution in [2.45, 2.75) is 0 Å². The summed E-state index contributed by atoms with van der Waals surface area (Å²) in [6.07, 6.45) is 3.50. The molecule has 0 atom stereocenters. The van der Waals surface area contributed by atoms with Gasteiger partial charge in [0.05, 0.1) is 0 Å². The lowest BCUT2D eigenvalue weighted by Crippen LogP contribution is -2.05. The minimum atomic E-state index is -0.0188. The molecule has 0 saturated carbocycles. The van der Waals surface area contributed by atoms with Crippen molar-refractivity contribution >= 4 is 5.78 Å². The molecule has 0 amide bonds. The van der Waals surface area contributed by atoms with Crippen LogP contribution >= 0.6 is 0 Å². The van der Waals surface area contributed by atoms with Gasteiger partial charge in [-0.3, -0.25) is 9.78 Å². The van der Waals surface area contributed by atoms with Crippen LogP contribution in [0.5, 0.6) is 0 Å². The molecule has 4 aromatic rings. The average molecular weight is 335 g/mol. The van der Waals surface area contributed by atoms with E-state index >= 15 is 0 Å². The second-order valence-electron chi connectivity index (χ2n) is 6.04. The van der Waals surface area contributed by atoms with Crippen LogP contribution in [0.3, 0.4) is 0 Å². The van der Waals surface area contributed by atoms with E-state index in [0.717, 1.165) is 22.3 Å². The van der Waals surface area contributed by atoms with Gasteiger partial charge < -0.3 is 0 Å². The Hall–Kier alpha value is -3.52. The molecule has 0 saturated heterocycles. The summed E-state index contributed by atoms with van der Waals surface area (Å²) in [5, 5.41) is 0. The number of nitrogens with zero attached hydrogens (tertiary/aromatic N) is 1. The maximum absolute atomic E-state index is 13.2. The van der Waals surface area contributed by atoms with Crippen molar-refractivity contribution in [3.05, 3.63) is 115 Å². The normalized spacial score (nSPS) is 10.5. The van der Waals surface area contributed by atoms with Gasteiger partial charge in [-0.1, -0.05) is 91.0 Å².